The summed E-state index contributed by atoms with van der Waals surface area (Å²) in [6, 6.07) is 0. The fraction of sp³-hybridized carbons (Fsp3) is 0.222. The molecule has 0 aromatic heterocycles. The number of rotatable bonds is 8. The summed E-state index contributed by atoms with van der Waals surface area (Å²) in [6.45, 7) is 9.79. The molecule has 0 saturated heterocycles. The number of allylic oxidation sites excluding steroid dienone is 8. The highest BCUT2D eigenvalue weighted by Gasteiger charge is 2.31. The number of amides is 2. The second-order valence-electron chi connectivity index (χ2n) is 4.61. The Morgan fingerprint density at radius 2 is 1.78 bits per heavy atom. The molecule has 23 heavy (non-hydrogen) atoms. The highest BCUT2D eigenvalue weighted by molar-refractivity contribution is 8.11. The van der Waals surface area contributed by atoms with E-state index in [0.29, 0.717) is 14.7 Å². The molecule has 0 aliphatic carbocycles. The molecule has 122 valence electrons. The molecule has 1 heterocycles. The van der Waals surface area contributed by atoms with Crippen LogP contribution in [0.25, 0.3) is 0 Å². The number of nitrogens with one attached hydrogen (secondary N) is 1. The van der Waals surface area contributed by atoms with Crippen LogP contribution in [0, 0.1) is 0 Å². The van der Waals surface area contributed by atoms with Crippen LogP contribution in [-0.4, -0.2) is 11.8 Å². The molecule has 0 spiro atoms. The first-order valence-corrected chi connectivity index (χ1v) is 8.90. The maximum absolute atomic E-state index is 12.0. The lowest BCUT2D eigenvalue weighted by atomic mass is 10.4. The van der Waals surface area contributed by atoms with Crippen molar-refractivity contribution in [3.63, 3.8) is 0 Å². The molecule has 0 fully saturated rings. The van der Waals surface area contributed by atoms with Crippen LogP contribution in [0.3, 0.4) is 0 Å². The maximum atomic E-state index is 12.0. The molecule has 1 aliphatic rings. The van der Waals surface area contributed by atoms with Gasteiger partial charge < -0.3 is 0 Å². The quantitative estimate of drug-likeness (QED) is 0.504. The highest BCUT2D eigenvalue weighted by Crippen LogP contribution is 2.38. The van der Waals surface area contributed by atoms with Gasteiger partial charge in [-0.25, -0.2) is 0 Å². The molecule has 0 bridgehead atoms. The van der Waals surface area contributed by atoms with Crippen LogP contribution in [0.2, 0.25) is 0 Å². The van der Waals surface area contributed by atoms with E-state index in [0.717, 1.165) is 11.3 Å². The maximum Gasteiger partial charge on any atom is 0.266 e. The second-order valence-corrected chi connectivity index (χ2v) is 7.00. The molecule has 1 aliphatic heterocycles. The van der Waals surface area contributed by atoms with Crippen molar-refractivity contribution in [1.29, 1.82) is 0 Å². The van der Waals surface area contributed by atoms with Crippen molar-refractivity contribution < 1.29 is 9.59 Å². The van der Waals surface area contributed by atoms with Gasteiger partial charge in [0.05, 0.1) is 9.81 Å². The minimum atomic E-state index is -0.361. The lowest BCUT2D eigenvalue weighted by molar-refractivity contribution is -0.123. The van der Waals surface area contributed by atoms with Gasteiger partial charge in [-0.15, -0.1) is 0 Å². The largest absolute Gasteiger partial charge is 0.287 e. The van der Waals surface area contributed by atoms with Crippen LogP contribution in [0.5, 0.6) is 0 Å². The molecule has 0 atom stereocenters. The molecular weight excluding hydrogens is 326 g/mol. The molecule has 1 rings (SSSR count). The molecule has 0 radical (unpaired) electrons. The summed E-state index contributed by atoms with van der Waals surface area (Å²) in [5.41, 5.74) is 0. The van der Waals surface area contributed by atoms with Crippen LogP contribution in [-0.2, 0) is 9.59 Å². The number of hydrogen-bond donors (Lipinski definition) is 1. The van der Waals surface area contributed by atoms with Crippen LogP contribution in [0.1, 0.15) is 27.2 Å². The summed E-state index contributed by atoms with van der Waals surface area (Å²) >= 11 is 2.52. The number of imide groups is 1. The summed E-state index contributed by atoms with van der Waals surface area (Å²) in [6.07, 6.45) is 14.3. The summed E-state index contributed by atoms with van der Waals surface area (Å²) < 4.78 is 0. The van der Waals surface area contributed by atoms with E-state index in [9.17, 15) is 9.59 Å². The Labute approximate surface area is 146 Å². The first-order valence-electron chi connectivity index (χ1n) is 7.27. The molecule has 0 saturated carbocycles. The predicted molar refractivity (Wildman–Crippen MR) is 102 cm³/mol. The van der Waals surface area contributed by atoms with Crippen molar-refractivity contribution in [2.24, 2.45) is 0 Å². The van der Waals surface area contributed by atoms with Gasteiger partial charge in [0.1, 0.15) is 0 Å². The van der Waals surface area contributed by atoms with Crippen LogP contribution >= 0.6 is 23.5 Å². The molecule has 0 aromatic rings. The average Bonchev–Trinajstić information content (AvgIpc) is 2.75. The van der Waals surface area contributed by atoms with E-state index >= 15 is 0 Å². The fourth-order valence-electron chi connectivity index (χ4n) is 1.58. The van der Waals surface area contributed by atoms with Crippen molar-refractivity contribution >= 4 is 35.3 Å². The minimum absolute atomic E-state index is 0.347. The van der Waals surface area contributed by atoms with Gasteiger partial charge in [0.15, 0.2) is 0 Å². The van der Waals surface area contributed by atoms with Gasteiger partial charge in [-0.2, -0.15) is 0 Å². The van der Waals surface area contributed by atoms with E-state index in [-0.39, 0.29) is 11.8 Å². The number of carbonyl (C=O) groups is 2. The van der Waals surface area contributed by atoms with E-state index in [1.807, 2.05) is 56.4 Å². The second kappa shape index (κ2) is 10.1. The SMILES string of the molecule is C=C(/C=C\C=C/C)SC1=C(S/C(C)=C/C=C\CC)C(=O)NC1=O. The Balaban J connectivity index is 2.93. The highest BCUT2D eigenvalue weighted by atomic mass is 32.2. The average molecular weight is 348 g/mol. The Morgan fingerprint density at radius 3 is 2.39 bits per heavy atom. The van der Waals surface area contributed by atoms with Gasteiger partial charge in [0.25, 0.3) is 11.8 Å². The topological polar surface area (TPSA) is 46.2 Å². The minimum Gasteiger partial charge on any atom is -0.287 e. The molecule has 0 aromatic carbocycles. The molecule has 3 nitrogen and oxygen atoms in total. The number of hydrogen-bond acceptors (Lipinski definition) is 4. The zero-order valence-corrected chi connectivity index (χ0v) is 15.2. The van der Waals surface area contributed by atoms with Crippen molar-refractivity contribution in [3.05, 3.63) is 68.7 Å². The Kier molecular flexibility index (Phi) is 8.51. The monoisotopic (exact) mass is 347 g/mol. The third-order valence-corrected chi connectivity index (χ3v) is 4.80. The Hall–Kier alpha value is -1.72. The molecule has 2 amide bonds. The van der Waals surface area contributed by atoms with Crippen LogP contribution < -0.4 is 5.32 Å². The predicted octanol–water partition coefficient (Wildman–Crippen LogP) is 4.84. The van der Waals surface area contributed by atoms with Gasteiger partial charge in [-0.3, -0.25) is 14.9 Å². The zero-order valence-electron chi connectivity index (χ0n) is 13.6. The smallest absolute Gasteiger partial charge is 0.266 e. The lowest BCUT2D eigenvalue weighted by Gasteiger charge is -2.03. The van der Waals surface area contributed by atoms with Gasteiger partial charge >= 0.3 is 0 Å². The molecule has 1 N–H and O–H groups in total. The van der Waals surface area contributed by atoms with Crippen molar-refractivity contribution in [2.75, 3.05) is 0 Å². The molecular formula is C18H21NO2S2. The van der Waals surface area contributed by atoms with Crippen molar-refractivity contribution in [1.82, 2.24) is 5.32 Å². The van der Waals surface area contributed by atoms with E-state index in [2.05, 4.69) is 18.8 Å². The standard InChI is InChI=1S/C18H21NO2S2/c1-5-7-9-11-13(3)22-15-16(18(21)19-17(15)20)23-14(4)12-10-8-6-2/h5,7-12H,3,6H2,1-2,4H3,(H,19,20,21)/b7-5-,10-8-,11-9-,14-12+. The molecule has 0 unspecified atom stereocenters. The van der Waals surface area contributed by atoms with Crippen molar-refractivity contribution in [3.8, 4) is 0 Å². The van der Waals surface area contributed by atoms with Gasteiger partial charge in [0.2, 0.25) is 0 Å². The van der Waals surface area contributed by atoms with Crippen molar-refractivity contribution in [2.45, 2.75) is 27.2 Å². The number of thioether (sulfide) groups is 2. The van der Waals surface area contributed by atoms with E-state index in [1.54, 1.807) is 0 Å². The van der Waals surface area contributed by atoms with Gasteiger partial charge in [-0.1, -0.05) is 73.5 Å². The summed E-state index contributed by atoms with van der Waals surface area (Å²) in [5, 5.41) is 2.34. The van der Waals surface area contributed by atoms with E-state index < -0.39 is 0 Å². The lowest BCUT2D eigenvalue weighted by Crippen LogP contribution is -2.22. The van der Waals surface area contributed by atoms with E-state index in [1.165, 1.54) is 23.5 Å². The summed E-state index contributed by atoms with van der Waals surface area (Å²) in [5.74, 6) is -0.708. The van der Waals surface area contributed by atoms with E-state index in [4.69, 9.17) is 0 Å². The third kappa shape index (κ3) is 6.50. The zero-order chi connectivity index (χ0) is 17.2. The Morgan fingerprint density at radius 1 is 1.13 bits per heavy atom. The summed E-state index contributed by atoms with van der Waals surface area (Å²) in [7, 11) is 0. The first-order chi connectivity index (χ1) is 11.0. The van der Waals surface area contributed by atoms with Gasteiger partial charge in [-0.05, 0) is 31.2 Å². The van der Waals surface area contributed by atoms with Crippen LogP contribution in [0.4, 0.5) is 0 Å². The number of carbonyl (C=O) groups excluding carboxylic acids is 2. The molecule has 5 heteroatoms. The summed E-state index contributed by atoms with van der Waals surface area (Å²) in [4.78, 5) is 26.4. The normalized spacial score (nSPS) is 16.4. The third-order valence-electron chi connectivity index (χ3n) is 2.63. The first kappa shape index (κ1) is 19.3. The van der Waals surface area contributed by atoms with Crippen LogP contribution in [0.15, 0.2) is 68.7 Å². The fourth-order valence-corrected chi connectivity index (χ4v) is 3.37. The Bertz CT molecular complexity index is 637. The van der Waals surface area contributed by atoms with Gasteiger partial charge in [0, 0.05) is 4.91 Å².